The minimum atomic E-state index is -1.12. The molecular weight excluding hydrogens is 278 g/mol. The highest BCUT2D eigenvalue weighted by Gasteiger charge is 2.26. The number of rotatable bonds is 4. The third-order valence-corrected chi connectivity index (χ3v) is 3.16. The largest absolute Gasteiger partial charge is 0.480 e. The first-order valence-corrected chi connectivity index (χ1v) is 6.32. The molecule has 2 rings (SSSR count). The number of amides is 1. The van der Waals surface area contributed by atoms with Crippen LogP contribution in [-0.4, -0.2) is 44.5 Å². The van der Waals surface area contributed by atoms with Crippen molar-refractivity contribution in [1.82, 2.24) is 14.5 Å². The molecule has 2 aromatic rings. The Hall–Kier alpha value is -2.64. The Bertz CT molecular complexity index is 774. The van der Waals surface area contributed by atoms with Crippen molar-refractivity contribution in [2.24, 2.45) is 7.05 Å². The first kappa shape index (κ1) is 14.8. The predicted octanol–water partition coefficient (Wildman–Crippen LogP) is 0.382. The van der Waals surface area contributed by atoms with E-state index in [0.717, 1.165) is 4.90 Å². The van der Waals surface area contributed by atoms with Crippen molar-refractivity contribution in [3.8, 4) is 0 Å². The van der Waals surface area contributed by atoms with E-state index in [4.69, 9.17) is 9.52 Å². The number of carboxylic acid groups (broad SMARTS) is 1. The fourth-order valence-corrected chi connectivity index (χ4v) is 2.09. The molecule has 0 saturated carbocycles. The van der Waals surface area contributed by atoms with Gasteiger partial charge in [-0.05, 0) is 13.8 Å². The van der Waals surface area contributed by atoms with E-state index in [9.17, 15) is 14.4 Å². The zero-order chi connectivity index (χ0) is 15.7. The third-order valence-electron chi connectivity index (χ3n) is 3.16. The van der Waals surface area contributed by atoms with Gasteiger partial charge in [0.1, 0.15) is 24.0 Å². The molecule has 21 heavy (non-hydrogen) atoms. The summed E-state index contributed by atoms with van der Waals surface area (Å²) in [5.41, 5.74) is -0.265. The Labute approximate surface area is 119 Å². The molecule has 0 fully saturated rings. The molecule has 8 heteroatoms. The molecule has 1 amide bonds. The van der Waals surface area contributed by atoms with E-state index >= 15 is 0 Å². The van der Waals surface area contributed by atoms with Crippen LogP contribution in [0.5, 0.6) is 0 Å². The molecule has 0 aliphatic carbocycles. The van der Waals surface area contributed by atoms with Crippen LogP contribution in [0.3, 0.4) is 0 Å². The van der Waals surface area contributed by atoms with Crippen molar-refractivity contribution in [1.29, 1.82) is 0 Å². The normalized spacial score (nSPS) is 10.8. The Balaban J connectivity index is 2.63. The van der Waals surface area contributed by atoms with Crippen molar-refractivity contribution in [3.05, 3.63) is 28.0 Å². The van der Waals surface area contributed by atoms with Crippen LogP contribution in [0.1, 0.15) is 23.0 Å². The molecule has 0 aliphatic heterocycles. The van der Waals surface area contributed by atoms with Crippen molar-refractivity contribution >= 4 is 23.0 Å². The second-order valence-corrected chi connectivity index (χ2v) is 4.59. The third kappa shape index (κ3) is 2.51. The topological polar surface area (TPSA) is 106 Å². The first-order chi connectivity index (χ1) is 9.86. The number of hydrogen-bond acceptors (Lipinski definition) is 5. The average molecular weight is 293 g/mol. The molecular formula is C13H15N3O5. The smallest absolute Gasteiger partial charge is 0.323 e. The second kappa shape index (κ2) is 5.39. The summed E-state index contributed by atoms with van der Waals surface area (Å²) in [6, 6.07) is 0. The minimum Gasteiger partial charge on any atom is -0.480 e. The molecule has 0 saturated heterocycles. The van der Waals surface area contributed by atoms with E-state index < -0.39 is 24.0 Å². The highest BCUT2D eigenvalue weighted by molar-refractivity contribution is 6.06. The summed E-state index contributed by atoms with van der Waals surface area (Å²) in [4.78, 5) is 40.6. The molecule has 2 heterocycles. The summed E-state index contributed by atoms with van der Waals surface area (Å²) in [5, 5.41) is 8.92. The van der Waals surface area contributed by atoms with E-state index in [1.54, 1.807) is 13.8 Å². The van der Waals surface area contributed by atoms with Crippen LogP contribution in [0.2, 0.25) is 0 Å². The molecule has 0 aliphatic rings. The lowest BCUT2D eigenvalue weighted by molar-refractivity contribution is -0.137. The van der Waals surface area contributed by atoms with Crippen molar-refractivity contribution < 1.29 is 19.1 Å². The standard InChI is InChI=1S/C13H15N3O5/c1-4-16(5-8(17)18)13(20)9-7(2)21-11-10(9)12(19)15(3)6-14-11/h6H,4-5H2,1-3H3,(H,17,18). The summed E-state index contributed by atoms with van der Waals surface area (Å²) in [5.74, 6) is -1.43. The van der Waals surface area contributed by atoms with Gasteiger partial charge in [-0.1, -0.05) is 0 Å². The fraction of sp³-hybridized carbons (Fsp3) is 0.385. The second-order valence-electron chi connectivity index (χ2n) is 4.59. The summed E-state index contributed by atoms with van der Waals surface area (Å²) in [6.07, 6.45) is 1.30. The SMILES string of the molecule is CCN(CC(=O)O)C(=O)c1c(C)oc2ncn(C)c(=O)c12. The van der Waals surface area contributed by atoms with Gasteiger partial charge in [0.05, 0.1) is 5.56 Å². The van der Waals surface area contributed by atoms with Crippen molar-refractivity contribution in [2.75, 3.05) is 13.1 Å². The van der Waals surface area contributed by atoms with Crippen LogP contribution in [0.15, 0.2) is 15.5 Å². The fourth-order valence-electron chi connectivity index (χ4n) is 2.09. The van der Waals surface area contributed by atoms with Crippen LogP contribution in [-0.2, 0) is 11.8 Å². The summed E-state index contributed by atoms with van der Waals surface area (Å²) in [6.45, 7) is 2.97. The van der Waals surface area contributed by atoms with E-state index in [1.807, 2.05) is 0 Å². The highest BCUT2D eigenvalue weighted by Crippen LogP contribution is 2.22. The van der Waals surface area contributed by atoms with E-state index in [2.05, 4.69) is 4.98 Å². The predicted molar refractivity (Wildman–Crippen MR) is 73.2 cm³/mol. The maximum Gasteiger partial charge on any atom is 0.323 e. The number of carbonyl (C=O) groups is 2. The molecule has 1 N–H and O–H groups in total. The number of carbonyl (C=O) groups excluding carboxylic acids is 1. The van der Waals surface area contributed by atoms with Gasteiger partial charge in [-0.3, -0.25) is 14.4 Å². The van der Waals surface area contributed by atoms with Crippen LogP contribution >= 0.6 is 0 Å². The zero-order valence-corrected chi connectivity index (χ0v) is 11.9. The van der Waals surface area contributed by atoms with Crippen LogP contribution in [0, 0.1) is 6.92 Å². The highest BCUT2D eigenvalue weighted by atomic mass is 16.4. The lowest BCUT2D eigenvalue weighted by Gasteiger charge is -2.18. The number of aliphatic carboxylic acids is 1. The van der Waals surface area contributed by atoms with Gasteiger partial charge in [0.2, 0.25) is 5.71 Å². The molecule has 0 bridgehead atoms. The zero-order valence-electron chi connectivity index (χ0n) is 11.9. The van der Waals surface area contributed by atoms with Crippen LogP contribution in [0.25, 0.3) is 11.1 Å². The van der Waals surface area contributed by atoms with E-state index in [1.165, 1.54) is 17.9 Å². The molecule has 112 valence electrons. The Morgan fingerprint density at radius 3 is 2.71 bits per heavy atom. The number of nitrogens with zero attached hydrogens (tertiary/aromatic N) is 3. The van der Waals surface area contributed by atoms with Gasteiger partial charge in [0.25, 0.3) is 11.5 Å². The molecule has 8 nitrogen and oxygen atoms in total. The quantitative estimate of drug-likeness (QED) is 0.873. The molecule has 0 radical (unpaired) electrons. The van der Waals surface area contributed by atoms with Gasteiger partial charge in [-0.15, -0.1) is 0 Å². The maximum absolute atomic E-state index is 12.5. The van der Waals surface area contributed by atoms with E-state index in [0.29, 0.717) is 0 Å². The molecule has 0 atom stereocenters. The van der Waals surface area contributed by atoms with Crippen molar-refractivity contribution in [3.63, 3.8) is 0 Å². The number of fused-ring (bicyclic) bond motifs is 1. The maximum atomic E-state index is 12.5. The number of aryl methyl sites for hydroxylation is 2. The van der Waals surface area contributed by atoms with Crippen LogP contribution < -0.4 is 5.56 Å². The monoisotopic (exact) mass is 293 g/mol. The van der Waals surface area contributed by atoms with Gasteiger partial charge < -0.3 is 19.0 Å². The van der Waals surface area contributed by atoms with Gasteiger partial charge in [0.15, 0.2) is 0 Å². The van der Waals surface area contributed by atoms with Crippen molar-refractivity contribution in [2.45, 2.75) is 13.8 Å². The lowest BCUT2D eigenvalue weighted by atomic mass is 10.1. The number of carboxylic acids is 1. The van der Waals surface area contributed by atoms with Gasteiger partial charge in [0, 0.05) is 13.6 Å². The van der Waals surface area contributed by atoms with E-state index in [-0.39, 0.29) is 29.0 Å². The molecule has 2 aromatic heterocycles. The number of furan rings is 1. The number of aromatic nitrogens is 2. The number of likely N-dealkylation sites (N-methyl/N-ethyl adjacent to an activating group) is 1. The summed E-state index contributed by atoms with van der Waals surface area (Å²) < 4.78 is 6.57. The summed E-state index contributed by atoms with van der Waals surface area (Å²) in [7, 11) is 1.51. The number of hydrogen-bond donors (Lipinski definition) is 1. The van der Waals surface area contributed by atoms with Crippen LogP contribution in [0.4, 0.5) is 0 Å². The summed E-state index contributed by atoms with van der Waals surface area (Å²) >= 11 is 0. The Morgan fingerprint density at radius 1 is 1.48 bits per heavy atom. The van der Waals surface area contributed by atoms with Gasteiger partial charge in [-0.2, -0.15) is 0 Å². The molecule has 0 aromatic carbocycles. The Morgan fingerprint density at radius 2 is 2.14 bits per heavy atom. The molecule has 0 spiro atoms. The molecule has 0 unspecified atom stereocenters. The van der Waals surface area contributed by atoms with Gasteiger partial charge >= 0.3 is 5.97 Å². The average Bonchev–Trinajstić information content (AvgIpc) is 2.76. The Kier molecular flexibility index (Phi) is 3.79. The minimum absolute atomic E-state index is 0.0711. The van der Waals surface area contributed by atoms with Gasteiger partial charge in [-0.25, -0.2) is 4.98 Å². The lowest BCUT2D eigenvalue weighted by Crippen LogP contribution is -2.36. The first-order valence-electron chi connectivity index (χ1n) is 6.32.